The monoisotopic (exact) mass is 429 g/mol. The third-order valence-corrected chi connectivity index (χ3v) is 5.19. The second-order valence-electron chi connectivity index (χ2n) is 6.73. The number of phosphoric ester groups is 1. The third kappa shape index (κ3) is 3.91. The number of hydrogen-bond donors (Lipinski definition) is 3. The van der Waals surface area contributed by atoms with Crippen molar-refractivity contribution in [1.82, 2.24) is 14.8 Å². The molecular weight excluding hydrogens is 412 g/mol. The fourth-order valence-electron chi connectivity index (χ4n) is 3.37. The van der Waals surface area contributed by atoms with Crippen molar-refractivity contribution >= 4 is 18.7 Å². The molecule has 0 spiro atoms. The van der Waals surface area contributed by atoms with Gasteiger partial charge in [-0.2, -0.15) is 5.10 Å². The lowest BCUT2D eigenvalue weighted by Gasteiger charge is -2.14. The van der Waals surface area contributed by atoms with Gasteiger partial charge in [-0.05, 0) is 48.4 Å². The first-order valence-electron chi connectivity index (χ1n) is 8.91. The number of H-pyrrole nitrogens is 1. The molecule has 10 heteroatoms. The van der Waals surface area contributed by atoms with Crippen molar-refractivity contribution in [3.8, 4) is 11.4 Å². The highest BCUT2D eigenvalue weighted by Crippen LogP contribution is 2.42. The summed E-state index contributed by atoms with van der Waals surface area (Å²) in [5.74, 6) is -0.929. The van der Waals surface area contributed by atoms with Crippen molar-refractivity contribution in [2.24, 2.45) is 0 Å². The molecule has 0 unspecified atom stereocenters. The molecule has 0 atom stereocenters. The van der Waals surface area contributed by atoms with E-state index >= 15 is 0 Å². The first-order valence-corrected chi connectivity index (χ1v) is 10.4. The SMILES string of the molecule is Cc1c(Cc2ccc(-n3cccn3)cc2)c(=O)[nH]c2c(F)ccc(OP(=O)(O)O)c12. The Morgan fingerprint density at radius 1 is 1.20 bits per heavy atom. The zero-order chi connectivity index (χ0) is 21.5. The Hall–Kier alpha value is -3.26. The lowest BCUT2D eigenvalue weighted by atomic mass is 9.98. The van der Waals surface area contributed by atoms with Gasteiger partial charge in [-0.3, -0.25) is 14.6 Å². The number of rotatable bonds is 5. The van der Waals surface area contributed by atoms with E-state index in [1.807, 2.05) is 36.5 Å². The predicted molar refractivity (Wildman–Crippen MR) is 108 cm³/mol. The quantitative estimate of drug-likeness (QED) is 0.420. The van der Waals surface area contributed by atoms with Crippen LogP contribution < -0.4 is 10.1 Å². The first-order chi connectivity index (χ1) is 14.2. The minimum absolute atomic E-state index is 0.112. The molecule has 0 radical (unpaired) electrons. The van der Waals surface area contributed by atoms with Crippen LogP contribution in [0.5, 0.6) is 5.75 Å². The molecule has 0 aliphatic carbocycles. The maximum Gasteiger partial charge on any atom is 0.524 e. The number of halogens is 1. The molecule has 0 aliphatic rings. The van der Waals surface area contributed by atoms with Gasteiger partial charge in [0.2, 0.25) is 0 Å². The van der Waals surface area contributed by atoms with Crippen LogP contribution in [0.15, 0.2) is 59.7 Å². The maximum atomic E-state index is 14.3. The zero-order valence-electron chi connectivity index (χ0n) is 15.7. The van der Waals surface area contributed by atoms with E-state index in [4.69, 9.17) is 4.52 Å². The number of fused-ring (bicyclic) bond motifs is 1. The summed E-state index contributed by atoms with van der Waals surface area (Å²) in [7, 11) is -4.87. The molecular formula is C20H17FN3O5P. The van der Waals surface area contributed by atoms with Crippen molar-refractivity contribution in [3.05, 3.63) is 87.7 Å². The van der Waals surface area contributed by atoms with Gasteiger partial charge in [0.05, 0.1) is 11.2 Å². The van der Waals surface area contributed by atoms with Crippen LogP contribution in [0.25, 0.3) is 16.6 Å². The van der Waals surface area contributed by atoms with Crippen molar-refractivity contribution in [3.63, 3.8) is 0 Å². The van der Waals surface area contributed by atoms with E-state index in [1.54, 1.807) is 17.8 Å². The van der Waals surface area contributed by atoms with Crippen LogP contribution in [0, 0.1) is 12.7 Å². The van der Waals surface area contributed by atoms with E-state index < -0.39 is 19.2 Å². The fraction of sp³-hybridized carbons (Fsp3) is 0.100. The second kappa shape index (κ2) is 7.53. The molecule has 30 heavy (non-hydrogen) atoms. The topological polar surface area (TPSA) is 117 Å². The van der Waals surface area contributed by atoms with Gasteiger partial charge in [-0.1, -0.05) is 12.1 Å². The molecule has 0 aliphatic heterocycles. The summed E-state index contributed by atoms with van der Waals surface area (Å²) in [5, 5.41) is 4.27. The fourth-order valence-corrected chi connectivity index (χ4v) is 3.78. The summed E-state index contributed by atoms with van der Waals surface area (Å²) in [5.41, 5.74) is 1.76. The van der Waals surface area contributed by atoms with Crippen molar-refractivity contribution in [2.75, 3.05) is 0 Å². The largest absolute Gasteiger partial charge is 0.524 e. The first kappa shape index (κ1) is 20.0. The van der Waals surface area contributed by atoms with Crippen LogP contribution in [0.4, 0.5) is 4.39 Å². The van der Waals surface area contributed by atoms with Gasteiger partial charge in [0.25, 0.3) is 5.56 Å². The number of aromatic amines is 1. The van der Waals surface area contributed by atoms with Gasteiger partial charge in [-0.15, -0.1) is 0 Å². The Bertz CT molecular complexity index is 1330. The number of aromatic nitrogens is 3. The van der Waals surface area contributed by atoms with Crippen LogP contribution >= 0.6 is 7.82 Å². The minimum atomic E-state index is -4.87. The standard InChI is InChI=1S/C20H17FN3O5P/c1-12-15(11-13-3-5-14(6-4-13)24-10-2-9-22-24)20(25)23-19-16(21)7-8-17(18(12)19)29-30(26,27)28/h2-10H,11H2,1H3,(H,23,25)(H2,26,27,28). The average Bonchev–Trinajstić information content (AvgIpc) is 3.21. The number of nitrogens with one attached hydrogen (secondary N) is 1. The third-order valence-electron chi connectivity index (χ3n) is 4.76. The minimum Gasteiger partial charge on any atom is -0.404 e. The highest BCUT2D eigenvalue weighted by molar-refractivity contribution is 7.46. The molecule has 4 aromatic rings. The molecule has 0 saturated heterocycles. The number of hydrogen-bond acceptors (Lipinski definition) is 4. The Kier molecular flexibility index (Phi) is 5.03. The molecule has 0 bridgehead atoms. The molecule has 8 nitrogen and oxygen atoms in total. The van der Waals surface area contributed by atoms with E-state index in [0.29, 0.717) is 11.1 Å². The number of phosphoric acid groups is 1. The summed E-state index contributed by atoms with van der Waals surface area (Å²) in [4.78, 5) is 33.4. The predicted octanol–water partition coefficient (Wildman–Crippen LogP) is 3.22. The summed E-state index contributed by atoms with van der Waals surface area (Å²) in [6.07, 6.45) is 3.72. The highest BCUT2D eigenvalue weighted by atomic mass is 31.2. The molecule has 0 amide bonds. The smallest absolute Gasteiger partial charge is 0.404 e. The van der Waals surface area contributed by atoms with Crippen molar-refractivity contribution in [2.45, 2.75) is 13.3 Å². The second-order valence-corrected chi connectivity index (χ2v) is 7.89. The average molecular weight is 429 g/mol. The Balaban J connectivity index is 1.78. The summed E-state index contributed by atoms with van der Waals surface area (Å²) < 4.78 is 32.0. The molecule has 0 fully saturated rings. The normalized spacial score (nSPS) is 11.7. The van der Waals surface area contributed by atoms with Crippen LogP contribution in [0.3, 0.4) is 0 Å². The summed E-state index contributed by atoms with van der Waals surface area (Å²) >= 11 is 0. The van der Waals surface area contributed by atoms with Gasteiger partial charge in [-0.25, -0.2) is 13.6 Å². The van der Waals surface area contributed by atoms with Crippen LogP contribution in [-0.4, -0.2) is 24.6 Å². The highest BCUT2D eigenvalue weighted by Gasteiger charge is 2.22. The van der Waals surface area contributed by atoms with Crippen LogP contribution in [0.1, 0.15) is 16.7 Å². The lowest BCUT2D eigenvalue weighted by molar-refractivity contribution is 0.284. The molecule has 2 heterocycles. The summed E-state index contributed by atoms with van der Waals surface area (Å²) in [6.45, 7) is 1.59. The van der Waals surface area contributed by atoms with Gasteiger partial charge >= 0.3 is 7.82 Å². The Morgan fingerprint density at radius 3 is 2.57 bits per heavy atom. The molecule has 154 valence electrons. The molecule has 2 aromatic heterocycles. The van der Waals surface area contributed by atoms with E-state index in [2.05, 4.69) is 10.1 Å². The Morgan fingerprint density at radius 2 is 1.93 bits per heavy atom. The van der Waals surface area contributed by atoms with Crippen molar-refractivity contribution < 1.29 is 23.3 Å². The van der Waals surface area contributed by atoms with Gasteiger partial charge < -0.3 is 9.51 Å². The maximum absolute atomic E-state index is 14.3. The molecule has 0 saturated carbocycles. The summed E-state index contributed by atoms with van der Waals surface area (Å²) in [6, 6.07) is 11.3. The van der Waals surface area contributed by atoms with E-state index in [1.165, 1.54) is 0 Å². The molecule has 2 aromatic carbocycles. The van der Waals surface area contributed by atoms with Crippen LogP contribution in [-0.2, 0) is 11.0 Å². The van der Waals surface area contributed by atoms with E-state index in [-0.39, 0.29) is 23.1 Å². The molecule has 4 rings (SSSR count). The van der Waals surface area contributed by atoms with Gasteiger partial charge in [0.1, 0.15) is 11.6 Å². The van der Waals surface area contributed by atoms with Crippen LogP contribution in [0.2, 0.25) is 0 Å². The number of nitrogens with zero attached hydrogens (tertiary/aromatic N) is 2. The van der Waals surface area contributed by atoms with E-state index in [0.717, 1.165) is 23.4 Å². The van der Waals surface area contributed by atoms with Gasteiger partial charge in [0.15, 0.2) is 0 Å². The zero-order valence-corrected chi connectivity index (χ0v) is 16.6. The number of pyridine rings is 1. The number of aryl methyl sites for hydroxylation is 1. The van der Waals surface area contributed by atoms with Gasteiger partial charge in [0, 0.05) is 29.8 Å². The molecule has 3 N–H and O–H groups in total. The number of benzene rings is 2. The van der Waals surface area contributed by atoms with E-state index in [9.17, 15) is 23.5 Å². The van der Waals surface area contributed by atoms with Crippen molar-refractivity contribution in [1.29, 1.82) is 0 Å². The Labute approximate surface area is 169 Å². The lowest BCUT2D eigenvalue weighted by Crippen LogP contribution is -2.16.